The minimum absolute atomic E-state index is 0.0920. The molecule has 1 saturated heterocycles. The van der Waals surface area contributed by atoms with E-state index in [2.05, 4.69) is 10.2 Å². The Morgan fingerprint density at radius 3 is 2.86 bits per heavy atom. The van der Waals surface area contributed by atoms with Gasteiger partial charge in [0.05, 0.1) is 17.1 Å². The molecule has 1 unspecified atom stereocenters. The van der Waals surface area contributed by atoms with Gasteiger partial charge in [-0.1, -0.05) is 0 Å². The predicted molar refractivity (Wildman–Crippen MR) is 111 cm³/mol. The minimum atomic E-state index is -0.545. The van der Waals surface area contributed by atoms with Crippen LogP contribution in [0.1, 0.15) is 31.7 Å². The molecule has 4 rings (SSSR count). The summed E-state index contributed by atoms with van der Waals surface area (Å²) in [4.78, 5) is 31.6. The van der Waals surface area contributed by atoms with Crippen LogP contribution in [0.4, 0.5) is 4.79 Å². The van der Waals surface area contributed by atoms with E-state index in [1.807, 2.05) is 34.0 Å². The Kier molecular flexibility index (Phi) is 4.89. The molecule has 1 aliphatic heterocycles. The van der Waals surface area contributed by atoms with Gasteiger partial charge in [-0.25, -0.2) is 14.3 Å². The highest BCUT2D eigenvalue weighted by Crippen LogP contribution is 2.33. The number of hydrogen-bond acceptors (Lipinski definition) is 6. The quantitative estimate of drug-likeness (QED) is 0.689. The van der Waals surface area contributed by atoms with Crippen LogP contribution in [0.15, 0.2) is 29.5 Å². The molecule has 0 spiro atoms. The first-order chi connectivity index (χ1) is 13.7. The maximum Gasteiger partial charge on any atom is 0.410 e. The maximum absolute atomic E-state index is 12.7. The summed E-state index contributed by atoms with van der Waals surface area (Å²) in [6.45, 7) is 6.62. The summed E-state index contributed by atoms with van der Waals surface area (Å²) in [5.74, 6) is 0.757. The summed E-state index contributed by atoms with van der Waals surface area (Å²) in [6, 6.07) is 1.53. The van der Waals surface area contributed by atoms with Gasteiger partial charge in [0.25, 0.3) is 5.56 Å². The summed E-state index contributed by atoms with van der Waals surface area (Å²) in [5.41, 5.74) is 2.17. The van der Waals surface area contributed by atoms with Gasteiger partial charge in [0.1, 0.15) is 5.60 Å². The van der Waals surface area contributed by atoms with Crippen LogP contribution < -0.4 is 5.56 Å². The highest BCUT2D eigenvalue weighted by atomic mass is 32.2. The number of carbonyl (C=O) groups excluding carboxylic acids is 1. The lowest BCUT2D eigenvalue weighted by Crippen LogP contribution is -2.42. The molecular weight excluding hydrogens is 392 g/mol. The van der Waals surface area contributed by atoms with Crippen LogP contribution >= 0.6 is 11.8 Å². The fourth-order valence-electron chi connectivity index (χ4n) is 3.26. The Balaban J connectivity index is 1.65. The lowest BCUT2D eigenvalue weighted by Gasteiger charge is -2.33. The number of carbonyl (C=O) groups is 1. The number of aromatic nitrogens is 5. The molecule has 0 bridgehead atoms. The topological polar surface area (TPSA) is 97.5 Å². The van der Waals surface area contributed by atoms with Crippen LogP contribution in [-0.2, 0) is 11.8 Å². The van der Waals surface area contributed by atoms with Crippen LogP contribution in [0.25, 0.3) is 16.8 Å². The normalized spacial score (nSPS) is 17.7. The van der Waals surface area contributed by atoms with E-state index in [-0.39, 0.29) is 16.9 Å². The molecule has 0 aromatic carbocycles. The summed E-state index contributed by atoms with van der Waals surface area (Å²) in [6.07, 6.45) is 5.03. The Labute approximate surface area is 172 Å². The van der Waals surface area contributed by atoms with Crippen molar-refractivity contribution >= 4 is 23.5 Å². The van der Waals surface area contributed by atoms with Crippen molar-refractivity contribution in [2.45, 2.75) is 31.6 Å². The largest absolute Gasteiger partial charge is 0.444 e. The Hall–Kier alpha value is -2.75. The second-order valence-corrected chi connectivity index (χ2v) is 9.36. The first kappa shape index (κ1) is 19.6. The standard InChI is InChI=1S/C19H24N6O3S/c1-19(2,3)28-18(27)24-5-6-29-15(11-24)14-7-16(26)25-17(22-14)13(9-21-25)12-8-20-23(4)10-12/h7-10,15,21H,5-6,11H2,1-4H3. The summed E-state index contributed by atoms with van der Waals surface area (Å²) in [5, 5.41) is 7.07. The Bertz CT molecular complexity index is 1110. The monoisotopic (exact) mass is 416 g/mol. The molecule has 1 amide bonds. The maximum atomic E-state index is 12.7. The van der Waals surface area contributed by atoms with E-state index < -0.39 is 5.60 Å². The second kappa shape index (κ2) is 7.25. The third kappa shape index (κ3) is 4.02. The number of nitrogens with one attached hydrogen (secondary N) is 1. The van der Waals surface area contributed by atoms with Crippen molar-refractivity contribution in [2.75, 3.05) is 18.8 Å². The van der Waals surface area contributed by atoms with E-state index in [4.69, 9.17) is 9.72 Å². The molecule has 0 saturated carbocycles. The number of H-pyrrole nitrogens is 1. The average Bonchev–Trinajstić information content (AvgIpc) is 3.26. The van der Waals surface area contributed by atoms with Gasteiger partial charge >= 0.3 is 6.09 Å². The molecular formula is C19H24N6O3S. The molecule has 10 heteroatoms. The Morgan fingerprint density at radius 1 is 1.38 bits per heavy atom. The molecule has 0 aliphatic carbocycles. The van der Waals surface area contributed by atoms with Crippen LogP contribution in [0.5, 0.6) is 0 Å². The number of thioether (sulfide) groups is 1. The number of ether oxygens (including phenoxy) is 1. The van der Waals surface area contributed by atoms with E-state index in [0.29, 0.717) is 24.4 Å². The zero-order valence-electron chi connectivity index (χ0n) is 16.9. The minimum Gasteiger partial charge on any atom is -0.444 e. The molecule has 154 valence electrons. The molecule has 1 fully saturated rings. The first-order valence-corrected chi connectivity index (χ1v) is 10.5. The van der Waals surface area contributed by atoms with Gasteiger partial charge < -0.3 is 9.64 Å². The van der Waals surface area contributed by atoms with E-state index in [9.17, 15) is 9.59 Å². The van der Waals surface area contributed by atoms with Crippen molar-refractivity contribution in [1.82, 2.24) is 29.3 Å². The van der Waals surface area contributed by atoms with Gasteiger partial charge in [0.15, 0.2) is 5.65 Å². The van der Waals surface area contributed by atoms with Crippen molar-refractivity contribution in [3.05, 3.63) is 40.7 Å². The predicted octanol–water partition coefficient (Wildman–Crippen LogP) is 2.45. The van der Waals surface area contributed by atoms with E-state index in [0.717, 1.165) is 16.9 Å². The van der Waals surface area contributed by atoms with Crippen molar-refractivity contribution < 1.29 is 9.53 Å². The SMILES string of the molecule is Cn1cc(-c2c[nH]n3c(=O)cc(C4CN(C(=O)OC(C)(C)C)CCS4)nc23)cn1. The van der Waals surface area contributed by atoms with E-state index >= 15 is 0 Å². The van der Waals surface area contributed by atoms with Crippen LogP contribution in [0.3, 0.4) is 0 Å². The number of amides is 1. The van der Waals surface area contributed by atoms with Gasteiger partial charge in [-0.2, -0.15) is 5.10 Å². The number of aromatic amines is 1. The van der Waals surface area contributed by atoms with Gasteiger partial charge in [0, 0.05) is 55.5 Å². The summed E-state index contributed by atoms with van der Waals surface area (Å²) >= 11 is 1.69. The van der Waals surface area contributed by atoms with Crippen molar-refractivity contribution in [2.24, 2.45) is 7.05 Å². The molecule has 4 heterocycles. The molecule has 3 aromatic heterocycles. The van der Waals surface area contributed by atoms with Crippen molar-refractivity contribution in [1.29, 1.82) is 0 Å². The first-order valence-electron chi connectivity index (χ1n) is 9.41. The molecule has 3 aromatic rings. The summed E-state index contributed by atoms with van der Waals surface area (Å²) < 4.78 is 8.63. The Morgan fingerprint density at radius 2 is 2.17 bits per heavy atom. The van der Waals surface area contributed by atoms with E-state index in [1.165, 1.54) is 10.6 Å². The zero-order valence-corrected chi connectivity index (χ0v) is 17.7. The van der Waals surface area contributed by atoms with Gasteiger partial charge in [0.2, 0.25) is 0 Å². The van der Waals surface area contributed by atoms with Gasteiger partial charge in [-0.05, 0) is 20.8 Å². The number of aryl methyl sites for hydroxylation is 1. The number of nitrogens with zero attached hydrogens (tertiary/aromatic N) is 5. The highest BCUT2D eigenvalue weighted by molar-refractivity contribution is 7.99. The third-order valence-corrected chi connectivity index (χ3v) is 5.79. The lowest BCUT2D eigenvalue weighted by atomic mass is 10.2. The highest BCUT2D eigenvalue weighted by Gasteiger charge is 2.30. The van der Waals surface area contributed by atoms with Crippen LogP contribution in [0, 0.1) is 0 Å². The molecule has 1 atom stereocenters. The molecule has 0 radical (unpaired) electrons. The zero-order chi connectivity index (χ0) is 20.8. The smallest absolute Gasteiger partial charge is 0.410 e. The van der Waals surface area contributed by atoms with Gasteiger partial charge in [-0.3, -0.25) is 14.6 Å². The molecule has 1 aliphatic rings. The lowest BCUT2D eigenvalue weighted by molar-refractivity contribution is 0.0256. The number of rotatable bonds is 2. The molecule has 1 N–H and O–H groups in total. The van der Waals surface area contributed by atoms with Crippen LogP contribution in [0.2, 0.25) is 0 Å². The second-order valence-electron chi connectivity index (χ2n) is 8.05. The summed E-state index contributed by atoms with van der Waals surface area (Å²) in [7, 11) is 1.84. The van der Waals surface area contributed by atoms with Crippen molar-refractivity contribution in [3.63, 3.8) is 0 Å². The van der Waals surface area contributed by atoms with Crippen molar-refractivity contribution in [3.8, 4) is 11.1 Å². The molecule has 29 heavy (non-hydrogen) atoms. The average molecular weight is 417 g/mol. The molecule has 9 nitrogen and oxygen atoms in total. The van der Waals surface area contributed by atoms with Crippen LogP contribution in [-0.4, -0.2) is 59.8 Å². The number of hydrogen-bond donors (Lipinski definition) is 1. The van der Waals surface area contributed by atoms with Gasteiger partial charge in [-0.15, -0.1) is 11.8 Å². The van der Waals surface area contributed by atoms with E-state index in [1.54, 1.807) is 33.7 Å². The fourth-order valence-corrected chi connectivity index (χ4v) is 4.44. The fraction of sp³-hybridized carbons (Fsp3) is 0.474. The third-order valence-electron chi connectivity index (χ3n) is 4.58. The number of fused-ring (bicyclic) bond motifs is 1.